The Morgan fingerprint density at radius 3 is 2.55 bits per heavy atom. The number of rotatable bonds is 3. The zero-order chi connectivity index (χ0) is 9.07. The van der Waals surface area contributed by atoms with Crippen LogP contribution in [0, 0.1) is 0 Å². The van der Waals surface area contributed by atoms with Crippen molar-refractivity contribution in [2.45, 2.75) is 25.7 Å². The molecule has 0 saturated carbocycles. The van der Waals surface area contributed by atoms with Crippen LogP contribution in [0.15, 0.2) is 12.7 Å². The predicted molar refractivity (Wildman–Crippen MR) is 38.6 cm³/mol. The van der Waals surface area contributed by atoms with Crippen LogP contribution in [0.1, 0.15) is 13.8 Å². The van der Waals surface area contributed by atoms with Crippen LogP contribution in [0.5, 0.6) is 0 Å². The van der Waals surface area contributed by atoms with Gasteiger partial charge in [0.15, 0.2) is 0 Å². The summed E-state index contributed by atoms with van der Waals surface area (Å²) in [6.07, 6.45) is -0.219. The molecule has 64 valence electrons. The largest absolute Gasteiger partial charge is 0.428 e. The summed E-state index contributed by atoms with van der Waals surface area (Å²) in [4.78, 5) is 10.5. The third-order valence-electron chi connectivity index (χ3n) is 1.25. The molecule has 2 unspecified atom stereocenters. The lowest BCUT2D eigenvalue weighted by Gasteiger charge is -2.25. The fourth-order valence-corrected chi connectivity index (χ4v) is 0.331. The highest BCUT2D eigenvalue weighted by molar-refractivity contribution is 5.81. The number of carbonyl (C=O) groups excluding carboxylic acids is 1. The molecule has 0 bridgehead atoms. The van der Waals surface area contributed by atoms with E-state index in [1.54, 1.807) is 0 Å². The van der Waals surface area contributed by atoms with Crippen LogP contribution in [-0.4, -0.2) is 28.1 Å². The molecule has 0 aromatic carbocycles. The van der Waals surface area contributed by atoms with Gasteiger partial charge in [0.2, 0.25) is 5.79 Å². The van der Waals surface area contributed by atoms with Crippen molar-refractivity contribution < 1.29 is 19.7 Å². The van der Waals surface area contributed by atoms with E-state index in [0.29, 0.717) is 0 Å². The molecule has 0 aromatic rings. The highest BCUT2D eigenvalue weighted by Gasteiger charge is 2.30. The Balaban J connectivity index is 4.11. The first kappa shape index (κ1) is 10.1. The fourth-order valence-electron chi connectivity index (χ4n) is 0.331. The van der Waals surface area contributed by atoms with Gasteiger partial charge in [-0.2, -0.15) is 0 Å². The Bertz CT molecular complexity index is 160. The van der Waals surface area contributed by atoms with Crippen molar-refractivity contribution in [3.63, 3.8) is 0 Å². The van der Waals surface area contributed by atoms with Crippen LogP contribution in [0.25, 0.3) is 0 Å². The van der Waals surface area contributed by atoms with Crippen LogP contribution in [-0.2, 0) is 9.53 Å². The minimum atomic E-state index is -1.84. The molecule has 0 aliphatic heterocycles. The third kappa shape index (κ3) is 3.15. The number of ether oxygens (including phenoxy) is 1. The zero-order valence-electron chi connectivity index (χ0n) is 6.57. The topological polar surface area (TPSA) is 66.8 Å². The van der Waals surface area contributed by atoms with Crippen LogP contribution >= 0.6 is 0 Å². The summed E-state index contributed by atoms with van der Waals surface area (Å²) in [5.74, 6) is -2.61. The number of hydrogen-bond acceptors (Lipinski definition) is 4. The van der Waals surface area contributed by atoms with Crippen molar-refractivity contribution in [2.75, 3.05) is 0 Å². The highest BCUT2D eigenvalue weighted by atomic mass is 16.7. The molecule has 0 fully saturated rings. The number of hydrogen-bond donors (Lipinski definition) is 2. The van der Waals surface area contributed by atoms with Gasteiger partial charge in [0.05, 0.1) is 0 Å². The Kier molecular flexibility index (Phi) is 3.22. The monoisotopic (exact) mass is 160 g/mol. The van der Waals surface area contributed by atoms with Gasteiger partial charge in [-0.25, -0.2) is 4.79 Å². The lowest BCUT2D eigenvalue weighted by atomic mass is 10.2. The first-order valence-electron chi connectivity index (χ1n) is 3.16. The SMILES string of the molecule is C=CC(=O)OC(C)(O)C(C)O. The first-order chi connectivity index (χ1) is 4.90. The molecule has 11 heavy (non-hydrogen) atoms. The van der Waals surface area contributed by atoms with E-state index in [4.69, 9.17) is 10.2 Å². The van der Waals surface area contributed by atoms with Crippen molar-refractivity contribution in [3.8, 4) is 0 Å². The minimum absolute atomic E-state index is 0.768. The standard InChI is InChI=1S/C7H12O4/c1-4-6(9)11-7(3,10)5(2)8/h4-5,8,10H,1H2,2-3H3. The van der Waals surface area contributed by atoms with Gasteiger partial charge >= 0.3 is 5.97 Å². The van der Waals surface area contributed by atoms with Crippen LogP contribution in [0.2, 0.25) is 0 Å². The van der Waals surface area contributed by atoms with Gasteiger partial charge < -0.3 is 14.9 Å². The molecular weight excluding hydrogens is 148 g/mol. The molecule has 0 saturated heterocycles. The van der Waals surface area contributed by atoms with Crippen molar-refractivity contribution in [1.82, 2.24) is 0 Å². The molecule has 0 rings (SSSR count). The summed E-state index contributed by atoms with van der Waals surface area (Å²) in [5.41, 5.74) is 0. The Labute approximate surface area is 65.1 Å². The van der Waals surface area contributed by atoms with Crippen molar-refractivity contribution in [3.05, 3.63) is 12.7 Å². The van der Waals surface area contributed by atoms with E-state index < -0.39 is 17.9 Å². The summed E-state index contributed by atoms with van der Waals surface area (Å²) in [6, 6.07) is 0. The summed E-state index contributed by atoms with van der Waals surface area (Å²) in [7, 11) is 0. The van der Waals surface area contributed by atoms with Gasteiger partial charge in [0.1, 0.15) is 6.10 Å². The van der Waals surface area contributed by atoms with E-state index in [-0.39, 0.29) is 0 Å². The van der Waals surface area contributed by atoms with Crippen molar-refractivity contribution in [1.29, 1.82) is 0 Å². The van der Waals surface area contributed by atoms with E-state index in [9.17, 15) is 4.79 Å². The average Bonchev–Trinajstić information content (AvgIpc) is 1.86. The maximum absolute atomic E-state index is 10.5. The van der Waals surface area contributed by atoms with Crippen molar-refractivity contribution >= 4 is 5.97 Å². The molecule has 0 aromatic heterocycles. The van der Waals surface area contributed by atoms with Gasteiger partial charge in [-0.1, -0.05) is 6.58 Å². The van der Waals surface area contributed by atoms with E-state index in [0.717, 1.165) is 6.08 Å². The lowest BCUT2D eigenvalue weighted by molar-refractivity contribution is -0.230. The number of aliphatic hydroxyl groups excluding tert-OH is 1. The first-order valence-corrected chi connectivity index (χ1v) is 3.16. The molecule has 0 aliphatic carbocycles. The lowest BCUT2D eigenvalue weighted by Crippen LogP contribution is -2.41. The van der Waals surface area contributed by atoms with Gasteiger partial charge in [-0.15, -0.1) is 0 Å². The maximum Gasteiger partial charge on any atom is 0.332 e. The molecule has 0 spiro atoms. The second-order valence-corrected chi connectivity index (χ2v) is 2.36. The second kappa shape index (κ2) is 3.50. The zero-order valence-corrected chi connectivity index (χ0v) is 6.57. The van der Waals surface area contributed by atoms with Crippen LogP contribution < -0.4 is 0 Å². The fraction of sp³-hybridized carbons (Fsp3) is 0.571. The van der Waals surface area contributed by atoms with Gasteiger partial charge in [-0.05, 0) is 6.92 Å². The summed E-state index contributed by atoms with van der Waals surface area (Å²) in [6.45, 7) is 5.65. The van der Waals surface area contributed by atoms with Gasteiger partial charge in [0.25, 0.3) is 0 Å². The number of esters is 1. The normalized spacial score (nSPS) is 18.2. The molecular formula is C7H12O4. The molecule has 0 aliphatic rings. The molecule has 2 N–H and O–H groups in total. The van der Waals surface area contributed by atoms with E-state index in [1.807, 2.05) is 0 Å². The number of carbonyl (C=O) groups is 1. The Morgan fingerprint density at radius 1 is 1.82 bits per heavy atom. The summed E-state index contributed by atoms with van der Waals surface area (Å²) < 4.78 is 4.40. The minimum Gasteiger partial charge on any atom is -0.428 e. The van der Waals surface area contributed by atoms with Gasteiger partial charge in [0, 0.05) is 13.0 Å². The summed E-state index contributed by atoms with van der Waals surface area (Å²) >= 11 is 0. The van der Waals surface area contributed by atoms with E-state index in [1.165, 1.54) is 13.8 Å². The molecule has 2 atom stereocenters. The molecule has 4 nitrogen and oxygen atoms in total. The summed E-state index contributed by atoms with van der Waals surface area (Å²) in [5, 5.41) is 18.0. The molecule has 4 heteroatoms. The third-order valence-corrected chi connectivity index (χ3v) is 1.25. The van der Waals surface area contributed by atoms with Crippen molar-refractivity contribution in [2.24, 2.45) is 0 Å². The van der Waals surface area contributed by atoms with E-state index in [2.05, 4.69) is 11.3 Å². The Hall–Kier alpha value is -0.870. The Morgan fingerprint density at radius 2 is 2.27 bits per heavy atom. The van der Waals surface area contributed by atoms with Gasteiger partial charge in [-0.3, -0.25) is 0 Å². The quantitative estimate of drug-likeness (QED) is 0.341. The van der Waals surface area contributed by atoms with Crippen LogP contribution in [0.3, 0.4) is 0 Å². The number of aliphatic hydroxyl groups is 2. The van der Waals surface area contributed by atoms with E-state index >= 15 is 0 Å². The maximum atomic E-state index is 10.5. The smallest absolute Gasteiger partial charge is 0.332 e. The highest BCUT2D eigenvalue weighted by Crippen LogP contribution is 2.11. The second-order valence-electron chi connectivity index (χ2n) is 2.36. The van der Waals surface area contributed by atoms with Crippen LogP contribution in [0.4, 0.5) is 0 Å². The molecule has 0 heterocycles. The molecule has 0 amide bonds. The average molecular weight is 160 g/mol. The predicted octanol–water partition coefficient (Wildman–Crippen LogP) is -0.195. The molecule has 0 radical (unpaired) electrons.